The van der Waals surface area contributed by atoms with E-state index in [1.54, 1.807) is 22.9 Å². The number of rotatable bonds is 2. The molecule has 0 bridgehead atoms. The molecule has 0 aliphatic carbocycles. The monoisotopic (exact) mass is 379 g/mol. The minimum Gasteiger partial charge on any atom is -0.454 e. The summed E-state index contributed by atoms with van der Waals surface area (Å²) in [5, 5.41) is 0.615. The fraction of sp³-hybridized carbons (Fsp3) is 0.100. The van der Waals surface area contributed by atoms with Gasteiger partial charge in [0.05, 0.1) is 11.4 Å². The second-order valence-corrected chi connectivity index (χ2v) is 6.74. The third-order valence-electron chi connectivity index (χ3n) is 4.62. The van der Waals surface area contributed by atoms with Gasteiger partial charge in [-0.3, -0.25) is 9.36 Å². The van der Waals surface area contributed by atoms with E-state index >= 15 is 0 Å². The van der Waals surface area contributed by atoms with Crippen molar-refractivity contribution in [1.29, 1.82) is 0 Å². The summed E-state index contributed by atoms with van der Waals surface area (Å²) in [5.74, 6) is 1.39. The fourth-order valence-corrected chi connectivity index (χ4v) is 3.28. The van der Waals surface area contributed by atoms with Crippen LogP contribution in [0.1, 0.15) is 5.56 Å². The Morgan fingerprint density at radius 1 is 1.07 bits per heavy atom. The van der Waals surface area contributed by atoms with E-state index in [4.69, 9.17) is 21.1 Å². The quantitative estimate of drug-likeness (QED) is 0.531. The predicted octanol–water partition coefficient (Wildman–Crippen LogP) is 3.84. The first-order valence-corrected chi connectivity index (χ1v) is 8.75. The van der Waals surface area contributed by atoms with Crippen LogP contribution in [0.3, 0.4) is 0 Å². The molecule has 0 radical (unpaired) electrons. The zero-order valence-corrected chi connectivity index (χ0v) is 15.1. The summed E-state index contributed by atoms with van der Waals surface area (Å²) >= 11 is 6.21. The molecule has 0 fully saturated rings. The number of hydrogen-bond acceptors (Lipinski definition) is 4. The van der Waals surface area contributed by atoms with E-state index in [0.29, 0.717) is 33.6 Å². The molecule has 4 aromatic rings. The van der Waals surface area contributed by atoms with Gasteiger partial charge in [0.25, 0.3) is 5.56 Å². The topological polar surface area (TPSA) is 57.8 Å². The maximum Gasteiger partial charge on any atom is 0.298 e. The van der Waals surface area contributed by atoms with Crippen molar-refractivity contribution in [2.45, 2.75) is 6.92 Å². The van der Waals surface area contributed by atoms with Crippen LogP contribution in [0.2, 0.25) is 5.02 Å². The van der Waals surface area contributed by atoms with Gasteiger partial charge in [0.15, 0.2) is 11.5 Å². The maximum atomic E-state index is 12.9. The van der Waals surface area contributed by atoms with E-state index in [1.807, 2.05) is 43.5 Å². The summed E-state index contributed by atoms with van der Waals surface area (Å²) in [6.07, 6.45) is 5.33. The van der Waals surface area contributed by atoms with Gasteiger partial charge in [-0.1, -0.05) is 17.7 Å². The van der Waals surface area contributed by atoms with Crippen molar-refractivity contribution in [2.75, 3.05) is 6.79 Å². The van der Waals surface area contributed by atoms with Crippen molar-refractivity contribution < 1.29 is 9.47 Å². The molecule has 0 saturated carbocycles. The third-order valence-corrected chi connectivity index (χ3v) is 5.03. The molecular formula is C20H14ClN3O3. The van der Waals surface area contributed by atoms with Crippen molar-refractivity contribution in [3.8, 4) is 28.4 Å². The lowest BCUT2D eigenvalue weighted by Gasteiger charge is -2.07. The van der Waals surface area contributed by atoms with Crippen LogP contribution in [0.15, 0.2) is 59.8 Å². The Balaban J connectivity index is 1.63. The number of ether oxygens (including phenoxy) is 2. The molecular weight excluding hydrogens is 366 g/mol. The third kappa shape index (κ3) is 2.57. The van der Waals surface area contributed by atoms with Gasteiger partial charge in [-0.25, -0.2) is 4.98 Å². The van der Waals surface area contributed by atoms with Crippen molar-refractivity contribution in [1.82, 2.24) is 14.0 Å². The second-order valence-electron chi connectivity index (χ2n) is 6.33. The SMILES string of the molecule is Cc1ccc(-n2ccn3cc(-c4ccc5c(c4)OCO5)nc3c2=O)cc1Cl. The van der Waals surface area contributed by atoms with E-state index in [2.05, 4.69) is 4.98 Å². The number of aromatic nitrogens is 3. The Morgan fingerprint density at radius 2 is 1.93 bits per heavy atom. The minimum absolute atomic E-state index is 0.216. The standard InChI is InChI=1S/C20H14ClN3O3/c1-12-2-4-14(9-15(12)21)24-7-6-23-10-16(22-19(23)20(24)25)13-3-5-17-18(8-13)27-11-26-17/h2-10H,11H2,1H3. The Morgan fingerprint density at radius 3 is 2.78 bits per heavy atom. The summed E-state index contributed by atoms with van der Waals surface area (Å²) in [6, 6.07) is 11.1. The number of benzene rings is 2. The highest BCUT2D eigenvalue weighted by Crippen LogP contribution is 2.35. The van der Waals surface area contributed by atoms with E-state index in [0.717, 1.165) is 11.1 Å². The van der Waals surface area contributed by atoms with Crippen molar-refractivity contribution in [3.05, 3.63) is 75.9 Å². The van der Waals surface area contributed by atoms with E-state index in [-0.39, 0.29) is 12.4 Å². The van der Waals surface area contributed by atoms with Crippen LogP contribution >= 0.6 is 11.6 Å². The van der Waals surface area contributed by atoms with Gasteiger partial charge in [-0.15, -0.1) is 0 Å². The van der Waals surface area contributed by atoms with E-state index in [9.17, 15) is 4.79 Å². The zero-order chi connectivity index (χ0) is 18.5. The summed E-state index contributed by atoms with van der Waals surface area (Å²) < 4.78 is 14.0. The van der Waals surface area contributed by atoms with Gasteiger partial charge in [-0.05, 0) is 42.8 Å². The largest absolute Gasteiger partial charge is 0.454 e. The first kappa shape index (κ1) is 16.0. The molecule has 2 aromatic heterocycles. The highest BCUT2D eigenvalue weighted by atomic mass is 35.5. The van der Waals surface area contributed by atoms with Crippen LogP contribution in [-0.4, -0.2) is 20.7 Å². The number of aryl methyl sites for hydroxylation is 1. The fourth-order valence-electron chi connectivity index (χ4n) is 3.11. The molecule has 7 heteroatoms. The molecule has 5 rings (SSSR count). The number of imidazole rings is 1. The van der Waals surface area contributed by atoms with Gasteiger partial charge in [0.2, 0.25) is 12.4 Å². The average molecular weight is 380 g/mol. The predicted molar refractivity (Wildman–Crippen MR) is 102 cm³/mol. The van der Waals surface area contributed by atoms with Crippen molar-refractivity contribution >= 4 is 17.2 Å². The summed E-state index contributed by atoms with van der Waals surface area (Å²) in [6.45, 7) is 2.14. The van der Waals surface area contributed by atoms with Crippen LogP contribution < -0.4 is 15.0 Å². The molecule has 0 unspecified atom stereocenters. The molecule has 1 aliphatic rings. The molecule has 0 amide bonds. The highest BCUT2D eigenvalue weighted by Gasteiger charge is 2.16. The number of hydrogen-bond donors (Lipinski definition) is 0. The highest BCUT2D eigenvalue weighted by molar-refractivity contribution is 6.31. The van der Waals surface area contributed by atoms with Crippen LogP contribution in [0, 0.1) is 6.92 Å². The molecule has 2 aromatic carbocycles. The Bertz CT molecular complexity index is 1260. The number of fused-ring (bicyclic) bond motifs is 2. The van der Waals surface area contributed by atoms with Crippen molar-refractivity contribution in [3.63, 3.8) is 0 Å². The van der Waals surface area contributed by atoms with Crippen LogP contribution in [-0.2, 0) is 0 Å². The van der Waals surface area contributed by atoms with Gasteiger partial charge in [0, 0.05) is 29.2 Å². The van der Waals surface area contributed by atoms with Gasteiger partial charge in [0.1, 0.15) is 0 Å². The van der Waals surface area contributed by atoms with Gasteiger partial charge >= 0.3 is 0 Å². The first-order valence-electron chi connectivity index (χ1n) is 8.37. The minimum atomic E-state index is -0.218. The van der Waals surface area contributed by atoms with E-state index in [1.165, 1.54) is 4.57 Å². The number of nitrogens with zero attached hydrogens (tertiary/aromatic N) is 3. The van der Waals surface area contributed by atoms with E-state index < -0.39 is 0 Å². The Labute approximate surface area is 159 Å². The molecule has 0 atom stereocenters. The summed E-state index contributed by atoms with van der Waals surface area (Å²) in [5.41, 5.74) is 3.31. The molecule has 6 nitrogen and oxygen atoms in total. The Kier molecular flexibility index (Phi) is 3.48. The van der Waals surface area contributed by atoms with Crippen LogP contribution in [0.4, 0.5) is 0 Å². The molecule has 1 aliphatic heterocycles. The van der Waals surface area contributed by atoms with Gasteiger partial charge < -0.3 is 13.9 Å². The molecule has 0 spiro atoms. The molecule has 0 N–H and O–H groups in total. The number of halogens is 1. The first-order chi connectivity index (χ1) is 13.1. The maximum absolute atomic E-state index is 12.9. The molecule has 134 valence electrons. The second kappa shape index (κ2) is 5.89. The lowest BCUT2D eigenvalue weighted by Crippen LogP contribution is -2.19. The lowest BCUT2D eigenvalue weighted by atomic mass is 10.1. The van der Waals surface area contributed by atoms with Gasteiger partial charge in [-0.2, -0.15) is 0 Å². The average Bonchev–Trinajstić information content (AvgIpc) is 3.31. The molecule has 0 saturated heterocycles. The normalized spacial score (nSPS) is 12.7. The van der Waals surface area contributed by atoms with Crippen LogP contribution in [0.5, 0.6) is 11.5 Å². The zero-order valence-electron chi connectivity index (χ0n) is 14.3. The summed E-state index contributed by atoms with van der Waals surface area (Å²) in [7, 11) is 0. The Hall–Kier alpha value is -3.25. The van der Waals surface area contributed by atoms with Crippen LogP contribution in [0.25, 0.3) is 22.6 Å². The van der Waals surface area contributed by atoms with Crippen molar-refractivity contribution in [2.24, 2.45) is 0 Å². The lowest BCUT2D eigenvalue weighted by molar-refractivity contribution is 0.174. The molecule has 27 heavy (non-hydrogen) atoms. The molecule has 3 heterocycles. The smallest absolute Gasteiger partial charge is 0.298 e. The summed E-state index contributed by atoms with van der Waals surface area (Å²) in [4.78, 5) is 17.5.